The quantitative estimate of drug-likeness (QED) is 0.478. The third-order valence-electron chi connectivity index (χ3n) is 4.65. The lowest BCUT2D eigenvalue weighted by Gasteiger charge is -2.06. The van der Waals surface area contributed by atoms with Gasteiger partial charge in [0, 0.05) is 4.88 Å². The number of aromatic nitrogens is 2. The van der Waals surface area contributed by atoms with Crippen molar-refractivity contribution in [2.24, 2.45) is 0 Å². The number of esters is 1. The van der Waals surface area contributed by atoms with Crippen molar-refractivity contribution in [2.45, 2.75) is 27.3 Å². The van der Waals surface area contributed by atoms with Crippen molar-refractivity contribution in [1.29, 1.82) is 0 Å². The Labute approximate surface area is 175 Å². The van der Waals surface area contributed by atoms with Gasteiger partial charge in [0.05, 0.1) is 40.9 Å². The number of methoxy groups -OCH3 is 1. The standard InChI is InChI=1S/C21H19N3O5S/c1-10-5-6-17(30-10)16-8-15(18-11(2)24-29-20(18)23-16)19(25)22-9-13-7-14(12(3)28-13)21(26)27-4/h5-8H,9H2,1-4H3,(H,22,25). The molecule has 0 aromatic carbocycles. The minimum Gasteiger partial charge on any atom is -0.465 e. The highest BCUT2D eigenvalue weighted by Crippen LogP contribution is 2.31. The van der Waals surface area contributed by atoms with Crippen molar-refractivity contribution in [1.82, 2.24) is 15.5 Å². The van der Waals surface area contributed by atoms with Gasteiger partial charge in [-0.3, -0.25) is 4.79 Å². The number of aryl methyl sites for hydroxylation is 3. The highest BCUT2D eigenvalue weighted by molar-refractivity contribution is 7.15. The van der Waals surface area contributed by atoms with Crippen LogP contribution in [0.4, 0.5) is 0 Å². The Bertz CT molecular complexity index is 1270. The number of carbonyl (C=O) groups excluding carboxylic acids is 2. The van der Waals surface area contributed by atoms with Crippen molar-refractivity contribution in [2.75, 3.05) is 7.11 Å². The number of nitrogens with one attached hydrogen (secondary N) is 1. The van der Waals surface area contributed by atoms with E-state index in [0.717, 1.165) is 9.75 Å². The van der Waals surface area contributed by atoms with E-state index >= 15 is 0 Å². The Morgan fingerprint density at radius 2 is 1.97 bits per heavy atom. The molecule has 8 nitrogen and oxygen atoms in total. The molecule has 4 heterocycles. The summed E-state index contributed by atoms with van der Waals surface area (Å²) in [4.78, 5) is 31.3. The first kappa shape index (κ1) is 19.8. The molecular weight excluding hydrogens is 406 g/mol. The minimum absolute atomic E-state index is 0.109. The Hall–Kier alpha value is -3.46. The molecule has 4 aromatic rings. The number of furan rings is 1. The van der Waals surface area contributed by atoms with Crippen LogP contribution in [0.3, 0.4) is 0 Å². The van der Waals surface area contributed by atoms with Crippen LogP contribution in [-0.2, 0) is 11.3 Å². The van der Waals surface area contributed by atoms with E-state index in [9.17, 15) is 9.59 Å². The average Bonchev–Trinajstić information content (AvgIpc) is 3.44. The van der Waals surface area contributed by atoms with Gasteiger partial charge in [-0.15, -0.1) is 11.3 Å². The Kier molecular flexibility index (Phi) is 5.13. The fourth-order valence-electron chi connectivity index (χ4n) is 3.18. The molecule has 1 N–H and O–H groups in total. The molecule has 0 aliphatic carbocycles. The first-order valence-electron chi connectivity index (χ1n) is 9.17. The van der Waals surface area contributed by atoms with Crippen molar-refractivity contribution >= 4 is 34.3 Å². The Morgan fingerprint density at radius 3 is 2.67 bits per heavy atom. The van der Waals surface area contributed by atoms with Crippen molar-refractivity contribution in [3.05, 3.63) is 57.5 Å². The number of ether oxygens (including phenoxy) is 1. The molecule has 0 spiro atoms. The fraction of sp³-hybridized carbons (Fsp3) is 0.238. The van der Waals surface area contributed by atoms with Crippen molar-refractivity contribution < 1.29 is 23.3 Å². The van der Waals surface area contributed by atoms with Crippen molar-refractivity contribution in [3.8, 4) is 10.6 Å². The molecule has 0 aliphatic heterocycles. The number of carbonyl (C=O) groups is 2. The molecule has 154 valence electrons. The molecule has 0 bridgehead atoms. The van der Waals surface area contributed by atoms with Crippen LogP contribution in [0.25, 0.3) is 21.7 Å². The summed E-state index contributed by atoms with van der Waals surface area (Å²) in [5, 5.41) is 7.35. The lowest BCUT2D eigenvalue weighted by molar-refractivity contribution is 0.0598. The molecule has 0 fully saturated rings. The van der Waals surface area contributed by atoms with Crippen LogP contribution in [0.1, 0.15) is 42.8 Å². The third kappa shape index (κ3) is 3.59. The number of hydrogen-bond acceptors (Lipinski definition) is 8. The molecule has 0 radical (unpaired) electrons. The van der Waals surface area contributed by atoms with Crippen LogP contribution in [0.2, 0.25) is 0 Å². The molecule has 0 saturated heterocycles. The van der Waals surface area contributed by atoms with E-state index in [2.05, 4.69) is 15.5 Å². The van der Waals surface area contributed by atoms with Gasteiger partial charge in [0.15, 0.2) is 0 Å². The predicted molar refractivity (Wildman–Crippen MR) is 111 cm³/mol. The van der Waals surface area contributed by atoms with Gasteiger partial charge in [-0.1, -0.05) is 5.16 Å². The number of hydrogen-bond donors (Lipinski definition) is 1. The topological polar surface area (TPSA) is 107 Å². The zero-order valence-corrected chi connectivity index (χ0v) is 17.7. The third-order valence-corrected chi connectivity index (χ3v) is 5.68. The summed E-state index contributed by atoms with van der Waals surface area (Å²) in [7, 11) is 1.30. The summed E-state index contributed by atoms with van der Waals surface area (Å²) in [6, 6.07) is 7.25. The van der Waals surface area contributed by atoms with Crippen LogP contribution >= 0.6 is 11.3 Å². The van der Waals surface area contributed by atoms with Crippen LogP contribution < -0.4 is 5.32 Å². The highest BCUT2D eigenvalue weighted by Gasteiger charge is 2.21. The number of nitrogens with zero attached hydrogens (tertiary/aromatic N) is 2. The maximum atomic E-state index is 13.0. The van der Waals surface area contributed by atoms with E-state index < -0.39 is 5.97 Å². The van der Waals surface area contributed by atoms with Crippen LogP contribution in [0, 0.1) is 20.8 Å². The maximum absolute atomic E-state index is 13.0. The van der Waals surface area contributed by atoms with Gasteiger partial charge >= 0.3 is 5.97 Å². The first-order chi connectivity index (χ1) is 14.4. The van der Waals surface area contributed by atoms with E-state index in [0.29, 0.717) is 45.1 Å². The van der Waals surface area contributed by atoms with Gasteiger partial charge < -0.3 is 19.0 Å². The fourth-order valence-corrected chi connectivity index (χ4v) is 4.01. The first-order valence-corrected chi connectivity index (χ1v) is 9.98. The molecule has 0 aliphatic rings. The molecule has 4 rings (SSSR count). The average molecular weight is 425 g/mol. The monoisotopic (exact) mass is 425 g/mol. The second-order valence-corrected chi connectivity index (χ2v) is 8.06. The highest BCUT2D eigenvalue weighted by atomic mass is 32.1. The van der Waals surface area contributed by atoms with Gasteiger partial charge in [-0.25, -0.2) is 9.78 Å². The zero-order chi connectivity index (χ0) is 21.4. The molecule has 0 atom stereocenters. The number of pyridine rings is 1. The maximum Gasteiger partial charge on any atom is 0.341 e. The summed E-state index contributed by atoms with van der Waals surface area (Å²) in [5.41, 5.74) is 2.28. The Balaban J connectivity index is 1.64. The van der Waals surface area contributed by atoms with E-state index in [-0.39, 0.29) is 12.5 Å². The number of rotatable bonds is 5. The second kappa shape index (κ2) is 7.75. The van der Waals surface area contributed by atoms with Crippen molar-refractivity contribution in [3.63, 3.8) is 0 Å². The van der Waals surface area contributed by atoms with E-state index in [1.807, 2.05) is 19.1 Å². The Morgan fingerprint density at radius 1 is 1.17 bits per heavy atom. The van der Waals surface area contributed by atoms with E-state index in [4.69, 9.17) is 13.7 Å². The zero-order valence-electron chi connectivity index (χ0n) is 16.9. The SMILES string of the molecule is COC(=O)c1cc(CNC(=O)c2cc(-c3ccc(C)s3)nc3onc(C)c23)oc1C. The normalized spacial score (nSPS) is 11.1. The smallest absolute Gasteiger partial charge is 0.341 e. The molecule has 0 saturated carbocycles. The molecule has 1 amide bonds. The predicted octanol–water partition coefficient (Wildman–Crippen LogP) is 4.19. The number of thiophene rings is 1. The largest absolute Gasteiger partial charge is 0.465 e. The molecule has 0 unspecified atom stereocenters. The van der Waals surface area contributed by atoms with Gasteiger partial charge in [-0.05, 0) is 45.0 Å². The molecule has 9 heteroatoms. The second-order valence-electron chi connectivity index (χ2n) is 6.77. The van der Waals surface area contributed by atoms with Gasteiger partial charge in [-0.2, -0.15) is 0 Å². The lowest BCUT2D eigenvalue weighted by Crippen LogP contribution is -2.23. The summed E-state index contributed by atoms with van der Waals surface area (Å²) in [6.07, 6.45) is 0. The molecule has 4 aromatic heterocycles. The summed E-state index contributed by atoms with van der Waals surface area (Å²) >= 11 is 1.58. The molecular formula is C21H19N3O5S. The lowest BCUT2D eigenvalue weighted by atomic mass is 10.1. The van der Waals surface area contributed by atoms with Crippen LogP contribution in [0.5, 0.6) is 0 Å². The van der Waals surface area contributed by atoms with E-state index in [1.54, 1.807) is 37.3 Å². The van der Waals surface area contributed by atoms with Crippen LogP contribution in [0.15, 0.2) is 33.2 Å². The van der Waals surface area contributed by atoms with Gasteiger partial charge in [0.25, 0.3) is 11.6 Å². The van der Waals surface area contributed by atoms with Gasteiger partial charge in [0.1, 0.15) is 17.1 Å². The van der Waals surface area contributed by atoms with Gasteiger partial charge in [0.2, 0.25) is 0 Å². The van der Waals surface area contributed by atoms with E-state index in [1.165, 1.54) is 7.11 Å². The number of fused-ring (bicyclic) bond motifs is 1. The van der Waals surface area contributed by atoms with Crippen LogP contribution in [-0.4, -0.2) is 29.1 Å². The summed E-state index contributed by atoms with van der Waals surface area (Å²) < 4.78 is 15.6. The molecule has 30 heavy (non-hydrogen) atoms. The summed E-state index contributed by atoms with van der Waals surface area (Å²) in [5.74, 6) is 0.0721. The minimum atomic E-state index is -0.486. The number of amides is 1. The summed E-state index contributed by atoms with van der Waals surface area (Å²) in [6.45, 7) is 5.54.